The lowest BCUT2D eigenvalue weighted by molar-refractivity contribution is -0.287. The number of aliphatic hydroxyl groups is 3. The number of alkyl halides is 6. The van der Waals surface area contributed by atoms with Crippen LogP contribution in [-0.2, 0) is 9.47 Å². The van der Waals surface area contributed by atoms with Crippen molar-refractivity contribution in [3.05, 3.63) is 0 Å². The van der Waals surface area contributed by atoms with Crippen molar-refractivity contribution < 1.29 is 24.8 Å². The van der Waals surface area contributed by atoms with Gasteiger partial charge >= 0.3 is 0 Å². The van der Waals surface area contributed by atoms with Crippen LogP contribution in [-0.4, -0.2) is 94.3 Å². The molecule has 0 aliphatic heterocycles. The van der Waals surface area contributed by atoms with Gasteiger partial charge in [-0.1, -0.05) is 0 Å². The van der Waals surface area contributed by atoms with Gasteiger partial charge in [-0.25, -0.2) is 0 Å². The van der Waals surface area contributed by atoms with Crippen LogP contribution >= 0.6 is 69.6 Å². The van der Waals surface area contributed by atoms with Gasteiger partial charge in [0.25, 0.3) is 0 Å². The Morgan fingerprint density at radius 2 is 1.07 bits per heavy atom. The van der Waals surface area contributed by atoms with Crippen LogP contribution in [0.2, 0.25) is 0 Å². The molecule has 2 unspecified atom stereocenters. The van der Waals surface area contributed by atoms with Crippen LogP contribution in [0, 0.1) is 5.41 Å². The van der Waals surface area contributed by atoms with Crippen molar-refractivity contribution in [2.75, 3.05) is 61.7 Å². The normalized spacial score (nSPS) is 15.9. The molecular formula is C19H34Cl6O5. The molecule has 0 aliphatic rings. The second kappa shape index (κ2) is 17.0. The molecule has 0 aromatic heterocycles. The zero-order valence-corrected chi connectivity index (χ0v) is 21.6. The van der Waals surface area contributed by atoms with E-state index in [1.54, 1.807) is 0 Å². The Bertz CT molecular complexity index is 392. The number of ether oxygens (including phenoxy) is 2. The standard InChI is InChI=1S/C19H34Cl6O5/c20-6-1-16(28)19(15-27,17(2-7-21,3-8-22)29-13-11-25)18(4-9-23,5-10-24)30-14-12-26/h16,26-28H,1-15H2. The summed E-state index contributed by atoms with van der Waals surface area (Å²) in [6.07, 6.45) is -0.0326. The highest BCUT2D eigenvalue weighted by Crippen LogP contribution is 2.55. The third-order valence-electron chi connectivity index (χ3n) is 5.75. The van der Waals surface area contributed by atoms with Gasteiger partial charge in [0.2, 0.25) is 0 Å². The molecule has 11 heteroatoms. The lowest BCUT2D eigenvalue weighted by Gasteiger charge is -2.61. The van der Waals surface area contributed by atoms with E-state index in [-0.39, 0.29) is 87.2 Å². The first-order valence-corrected chi connectivity index (χ1v) is 13.2. The predicted octanol–water partition coefficient (Wildman–Crippen LogP) is 4.21. The van der Waals surface area contributed by atoms with Crippen LogP contribution in [0.25, 0.3) is 0 Å². The minimum Gasteiger partial charge on any atom is -0.395 e. The molecule has 0 aromatic rings. The van der Waals surface area contributed by atoms with Gasteiger partial charge < -0.3 is 24.8 Å². The minimum atomic E-state index is -1.44. The topological polar surface area (TPSA) is 79.2 Å². The largest absolute Gasteiger partial charge is 0.395 e. The number of halogens is 6. The Kier molecular flexibility index (Phi) is 17.9. The number of aliphatic hydroxyl groups excluding tert-OH is 3. The molecule has 0 heterocycles. The average Bonchev–Trinajstić information content (AvgIpc) is 2.72. The fraction of sp³-hybridized carbons (Fsp3) is 1.00. The zero-order valence-electron chi connectivity index (χ0n) is 17.1. The van der Waals surface area contributed by atoms with Gasteiger partial charge in [0.05, 0.1) is 49.1 Å². The Hall–Kier alpha value is 1.54. The first kappa shape index (κ1) is 31.5. The third kappa shape index (κ3) is 7.27. The number of rotatable bonds is 20. The van der Waals surface area contributed by atoms with Crippen molar-refractivity contribution in [2.45, 2.75) is 49.4 Å². The van der Waals surface area contributed by atoms with Crippen molar-refractivity contribution in [3.63, 3.8) is 0 Å². The summed E-state index contributed by atoms with van der Waals surface area (Å²) in [6, 6.07) is 0. The van der Waals surface area contributed by atoms with Crippen LogP contribution < -0.4 is 0 Å². The Labute approximate surface area is 210 Å². The summed E-state index contributed by atoms with van der Waals surface area (Å²) < 4.78 is 12.5. The highest BCUT2D eigenvalue weighted by Gasteiger charge is 2.66. The van der Waals surface area contributed by atoms with E-state index in [1.165, 1.54) is 0 Å². The average molecular weight is 555 g/mol. The van der Waals surface area contributed by atoms with Crippen LogP contribution in [0.3, 0.4) is 0 Å². The summed E-state index contributed by atoms with van der Waals surface area (Å²) in [7, 11) is 0. The molecule has 0 amide bonds. The summed E-state index contributed by atoms with van der Waals surface area (Å²) in [4.78, 5) is 0. The molecule has 5 nitrogen and oxygen atoms in total. The number of hydrogen-bond acceptors (Lipinski definition) is 5. The van der Waals surface area contributed by atoms with E-state index in [1.807, 2.05) is 0 Å². The fourth-order valence-electron chi connectivity index (χ4n) is 4.54. The quantitative estimate of drug-likeness (QED) is 0.196. The van der Waals surface area contributed by atoms with Gasteiger partial charge in [-0.3, -0.25) is 0 Å². The van der Waals surface area contributed by atoms with E-state index in [2.05, 4.69) is 0 Å². The summed E-state index contributed by atoms with van der Waals surface area (Å²) in [5, 5.41) is 31.9. The summed E-state index contributed by atoms with van der Waals surface area (Å²) in [5.41, 5.74) is -3.90. The first-order chi connectivity index (χ1) is 14.4. The maximum atomic E-state index is 11.5. The van der Waals surface area contributed by atoms with Crippen LogP contribution in [0.15, 0.2) is 0 Å². The second-order valence-electron chi connectivity index (χ2n) is 6.98. The summed E-state index contributed by atoms with van der Waals surface area (Å²) in [5.74, 6) is 0.984. The zero-order chi connectivity index (χ0) is 23.1. The molecule has 0 saturated heterocycles. The monoisotopic (exact) mass is 552 g/mol. The molecule has 0 fully saturated rings. The van der Waals surface area contributed by atoms with E-state index in [9.17, 15) is 15.3 Å². The molecule has 3 N–H and O–H groups in total. The van der Waals surface area contributed by atoms with Crippen molar-refractivity contribution in [3.8, 4) is 0 Å². The maximum absolute atomic E-state index is 11.5. The SMILES string of the molecule is OCCOC(CCCl)(CCCl)C(CO)(C(O)CCCl)C(CCCl)(CCCl)OCCCl. The summed E-state index contributed by atoms with van der Waals surface area (Å²) >= 11 is 36.6. The molecule has 2 atom stereocenters. The van der Waals surface area contributed by atoms with Crippen molar-refractivity contribution in [1.82, 2.24) is 0 Å². The van der Waals surface area contributed by atoms with Crippen molar-refractivity contribution in [1.29, 1.82) is 0 Å². The van der Waals surface area contributed by atoms with Gasteiger partial charge in [0.15, 0.2) is 0 Å². The molecule has 30 heavy (non-hydrogen) atoms. The van der Waals surface area contributed by atoms with Crippen molar-refractivity contribution >= 4 is 69.6 Å². The second-order valence-corrected chi connectivity index (χ2v) is 9.24. The Morgan fingerprint density at radius 1 is 0.633 bits per heavy atom. The van der Waals surface area contributed by atoms with Crippen LogP contribution in [0.1, 0.15) is 32.1 Å². The minimum absolute atomic E-state index is 0.0452. The Balaban J connectivity index is 7.08. The van der Waals surface area contributed by atoms with Gasteiger partial charge in [-0.15, -0.1) is 69.6 Å². The molecule has 182 valence electrons. The molecular weight excluding hydrogens is 521 g/mol. The van der Waals surface area contributed by atoms with E-state index >= 15 is 0 Å². The third-order valence-corrected chi connectivity index (χ3v) is 6.87. The maximum Gasteiger partial charge on any atom is 0.0837 e. The van der Waals surface area contributed by atoms with E-state index in [0.29, 0.717) is 0 Å². The van der Waals surface area contributed by atoms with Crippen molar-refractivity contribution in [2.24, 2.45) is 5.41 Å². The molecule has 0 rings (SSSR count). The van der Waals surface area contributed by atoms with Gasteiger partial charge in [0.1, 0.15) is 0 Å². The fourth-order valence-corrected chi connectivity index (χ4v) is 6.04. The molecule has 0 aliphatic carbocycles. The van der Waals surface area contributed by atoms with Gasteiger partial charge in [0, 0.05) is 35.3 Å². The van der Waals surface area contributed by atoms with Crippen LogP contribution in [0.5, 0.6) is 0 Å². The highest BCUT2D eigenvalue weighted by atomic mass is 35.5. The van der Waals surface area contributed by atoms with Crippen LogP contribution in [0.4, 0.5) is 0 Å². The predicted molar refractivity (Wildman–Crippen MR) is 127 cm³/mol. The smallest absolute Gasteiger partial charge is 0.0837 e. The van der Waals surface area contributed by atoms with E-state index < -0.39 is 29.3 Å². The summed E-state index contributed by atoms with van der Waals surface area (Å²) in [6.45, 7) is -0.695. The molecule has 0 spiro atoms. The molecule has 0 saturated carbocycles. The van der Waals surface area contributed by atoms with E-state index in [4.69, 9.17) is 79.1 Å². The molecule has 0 radical (unpaired) electrons. The van der Waals surface area contributed by atoms with E-state index in [0.717, 1.165) is 0 Å². The molecule has 0 aromatic carbocycles. The highest BCUT2D eigenvalue weighted by molar-refractivity contribution is 6.19. The van der Waals surface area contributed by atoms with Gasteiger partial charge in [-0.05, 0) is 32.1 Å². The first-order valence-electron chi connectivity index (χ1n) is 9.94. The Morgan fingerprint density at radius 3 is 1.37 bits per heavy atom. The lowest BCUT2D eigenvalue weighted by atomic mass is 9.54. The molecule has 0 bridgehead atoms. The number of hydrogen-bond donors (Lipinski definition) is 3. The lowest BCUT2D eigenvalue weighted by Crippen LogP contribution is -2.71. The van der Waals surface area contributed by atoms with Gasteiger partial charge in [-0.2, -0.15) is 0 Å².